The molecule has 0 heterocycles. The Morgan fingerprint density at radius 1 is 0.562 bits per heavy atom. The molecule has 0 radical (unpaired) electrons. The third-order valence-electron chi connectivity index (χ3n) is 2.05. The predicted molar refractivity (Wildman–Crippen MR) is 52.1 cm³/mol. The van der Waals surface area contributed by atoms with Crippen LogP contribution >= 0.6 is 0 Å². The fourth-order valence-corrected chi connectivity index (χ4v) is 1.36. The summed E-state index contributed by atoms with van der Waals surface area (Å²) in [6, 6.07) is 0. The highest BCUT2D eigenvalue weighted by atomic mass is 16.6. The molecule has 0 aromatic rings. The molecule has 0 bridgehead atoms. The third kappa shape index (κ3) is 1.62. The van der Waals surface area contributed by atoms with Gasteiger partial charge in [0.15, 0.2) is 0 Å². The first-order chi connectivity index (χ1) is 7.62. The van der Waals surface area contributed by atoms with Crippen LogP contribution in [0.3, 0.4) is 0 Å². The smallest absolute Gasteiger partial charge is 0.275 e. The monoisotopic (exact) mass is 228 g/mol. The molecular weight excluding hydrogens is 216 g/mol. The molecule has 1 aliphatic rings. The summed E-state index contributed by atoms with van der Waals surface area (Å²) < 4.78 is 19.6. The van der Waals surface area contributed by atoms with Gasteiger partial charge in [-0.05, 0) is 0 Å². The molecule has 0 aromatic carbocycles. The number of Topliss-reactive ketones (excluding diaryl/α,β-unsaturated/α-hetero) is 2. The highest BCUT2D eigenvalue weighted by Gasteiger charge is 2.39. The highest BCUT2D eigenvalue weighted by molar-refractivity contribution is 6.49. The van der Waals surface area contributed by atoms with Gasteiger partial charge in [0.1, 0.15) is 0 Å². The zero-order valence-corrected chi connectivity index (χ0v) is 9.45. The van der Waals surface area contributed by atoms with Crippen molar-refractivity contribution < 1.29 is 28.5 Å². The van der Waals surface area contributed by atoms with Crippen molar-refractivity contribution in [3.63, 3.8) is 0 Å². The van der Waals surface area contributed by atoms with E-state index in [-0.39, 0.29) is 23.0 Å². The Morgan fingerprint density at radius 2 is 0.812 bits per heavy atom. The summed E-state index contributed by atoms with van der Waals surface area (Å²) in [5.74, 6) is -1.93. The number of ether oxygens (including phenoxy) is 4. The van der Waals surface area contributed by atoms with Crippen molar-refractivity contribution in [3.8, 4) is 0 Å². The van der Waals surface area contributed by atoms with E-state index in [0.29, 0.717) is 0 Å². The van der Waals surface area contributed by atoms with Gasteiger partial charge < -0.3 is 18.9 Å². The maximum atomic E-state index is 11.6. The lowest BCUT2D eigenvalue weighted by molar-refractivity contribution is -0.136. The second-order valence-electron chi connectivity index (χ2n) is 2.79. The summed E-state index contributed by atoms with van der Waals surface area (Å²) in [7, 11) is 5.21. The molecule has 0 aliphatic heterocycles. The van der Waals surface area contributed by atoms with Gasteiger partial charge in [-0.15, -0.1) is 0 Å². The highest BCUT2D eigenvalue weighted by Crippen LogP contribution is 2.27. The minimum atomic E-state index is -0.822. The van der Waals surface area contributed by atoms with Gasteiger partial charge in [-0.3, -0.25) is 9.59 Å². The van der Waals surface area contributed by atoms with E-state index in [4.69, 9.17) is 18.9 Å². The van der Waals surface area contributed by atoms with Crippen molar-refractivity contribution in [2.45, 2.75) is 0 Å². The molecule has 0 saturated carbocycles. The Morgan fingerprint density at radius 3 is 1.00 bits per heavy atom. The summed E-state index contributed by atoms with van der Waals surface area (Å²) in [6.45, 7) is 0. The number of hydrogen-bond acceptors (Lipinski definition) is 6. The second kappa shape index (κ2) is 4.69. The van der Waals surface area contributed by atoms with Crippen molar-refractivity contribution in [2.24, 2.45) is 0 Å². The average Bonchev–Trinajstić information content (AvgIpc) is 2.31. The van der Waals surface area contributed by atoms with Crippen molar-refractivity contribution in [2.75, 3.05) is 28.4 Å². The second-order valence-corrected chi connectivity index (χ2v) is 2.79. The molecule has 0 atom stereocenters. The Balaban J connectivity index is 3.44. The van der Waals surface area contributed by atoms with E-state index in [9.17, 15) is 9.59 Å². The first-order valence-electron chi connectivity index (χ1n) is 4.36. The van der Waals surface area contributed by atoms with Crippen LogP contribution < -0.4 is 0 Å². The van der Waals surface area contributed by atoms with Crippen LogP contribution in [-0.2, 0) is 28.5 Å². The molecule has 0 aromatic heterocycles. The Labute approximate surface area is 92.4 Å². The summed E-state index contributed by atoms with van der Waals surface area (Å²) >= 11 is 0. The zero-order chi connectivity index (χ0) is 12.3. The predicted octanol–water partition coefficient (Wildman–Crippen LogP) is 0.147. The molecule has 1 rings (SSSR count). The first-order valence-corrected chi connectivity index (χ1v) is 4.36. The van der Waals surface area contributed by atoms with Crippen molar-refractivity contribution >= 4 is 11.6 Å². The van der Waals surface area contributed by atoms with E-state index in [1.165, 1.54) is 28.4 Å². The number of allylic oxidation sites excluding steroid dienone is 2. The molecule has 88 valence electrons. The van der Waals surface area contributed by atoms with Gasteiger partial charge in [-0.1, -0.05) is 0 Å². The van der Waals surface area contributed by atoms with Crippen LogP contribution in [0.4, 0.5) is 0 Å². The lowest BCUT2D eigenvalue weighted by atomic mass is 10.0. The van der Waals surface area contributed by atoms with Crippen LogP contribution in [0.5, 0.6) is 0 Å². The van der Waals surface area contributed by atoms with Gasteiger partial charge in [-0.25, -0.2) is 0 Å². The molecule has 6 nitrogen and oxygen atoms in total. The molecule has 0 N–H and O–H groups in total. The quantitative estimate of drug-likeness (QED) is 0.503. The Kier molecular flexibility index (Phi) is 3.55. The van der Waals surface area contributed by atoms with Crippen LogP contribution in [0, 0.1) is 0 Å². The third-order valence-corrected chi connectivity index (χ3v) is 2.05. The summed E-state index contributed by atoms with van der Waals surface area (Å²) in [5, 5.41) is 0. The summed E-state index contributed by atoms with van der Waals surface area (Å²) in [5.41, 5.74) is 0. The van der Waals surface area contributed by atoms with Gasteiger partial charge in [0.05, 0.1) is 28.4 Å². The largest absolute Gasteiger partial charge is 0.490 e. The maximum Gasteiger partial charge on any atom is 0.275 e. The van der Waals surface area contributed by atoms with E-state index >= 15 is 0 Å². The zero-order valence-electron chi connectivity index (χ0n) is 9.45. The topological polar surface area (TPSA) is 71.1 Å². The van der Waals surface area contributed by atoms with Crippen LogP contribution in [0.25, 0.3) is 0 Å². The van der Waals surface area contributed by atoms with Crippen molar-refractivity contribution in [1.29, 1.82) is 0 Å². The molecule has 0 unspecified atom stereocenters. The minimum absolute atomic E-state index is 0.0476. The number of ketones is 2. The van der Waals surface area contributed by atoms with E-state index in [0.717, 1.165) is 0 Å². The SMILES string of the molecule is COC1=C(OC)C(OC)=C(OC)C(=O)C1=O. The van der Waals surface area contributed by atoms with E-state index in [1.807, 2.05) is 0 Å². The number of hydrogen-bond donors (Lipinski definition) is 0. The van der Waals surface area contributed by atoms with E-state index < -0.39 is 11.6 Å². The molecule has 0 saturated heterocycles. The molecule has 0 fully saturated rings. The van der Waals surface area contributed by atoms with Crippen molar-refractivity contribution in [3.05, 3.63) is 23.0 Å². The fourth-order valence-electron chi connectivity index (χ4n) is 1.36. The average molecular weight is 228 g/mol. The fraction of sp³-hybridized carbons (Fsp3) is 0.400. The van der Waals surface area contributed by atoms with Crippen LogP contribution in [0.2, 0.25) is 0 Å². The number of carbonyl (C=O) groups excluding carboxylic acids is 2. The van der Waals surface area contributed by atoms with Crippen LogP contribution in [0.15, 0.2) is 23.0 Å². The minimum Gasteiger partial charge on any atom is -0.490 e. The molecule has 0 spiro atoms. The standard InChI is InChI=1S/C10H12O6/c1-13-7-5(11)6(12)8(14-2)10(16-4)9(7)15-3/h1-4H3. The van der Waals surface area contributed by atoms with Gasteiger partial charge in [0.2, 0.25) is 23.0 Å². The molecule has 16 heavy (non-hydrogen) atoms. The van der Waals surface area contributed by atoms with E-state index in [1.54, 1.807) is 0 Å². The maximum absolute atomic E-state index is 11.6. The molecule has 0 amide bonds. The lowest BCUT2D eigenvalue weighted by Gasteiger charge is -2.20. The first kappa shape index (κ1) is 12.1. The van der Waals surface area contributed by atoms with Crippen LogP contribution in [-0.4, -0.2) is 40.0 Å². The number of rotatable bonds is 4. The van der Waals surface area contributed by atoms with Gasteiger partial charge in [0.25, 0.3) is 11.6 Å². The van der Waals surface area contributed by atoms with Gasteiger partial charge in [-0.2, -0.15) is 0 Å². The molecule has 6 heteroatoms. The molecular formula is C10H12O6. The number of carbonyl (C=O) groups is 2. The molecule has 1 aliphatic carbocycles. The Hall–Kier alpha value is -1.98. The normalized spacial score (nSPS) is 16.5. The summed E-state index contributed by atoms with van der Waals surface area (Å²) in [6.07, 6.45) is 0. The Bertz CT molecular complexity index is 352. The lowest BCUT2D eigenvalue weighted by Crippen LogP contribution is -2.29. The summed E-state index contributed by atoms with van der Waals surface area (Å²) in [4.78, 5) is 23.1. The van der Waals surface area contributed by atoms with Gasteiger partial charge >= 0.3 is 0 Å². The van der Waals surface area contributed by atoms with Crippen LogP contribution in [0.1, 0.15) is 0 Å². The van der Waals surface area contributed by atoms with E-state index in [2.05, 4.69) is 0 Å². The number of methoxy groups -OCH3 is 4. The van der Waals surface area contributed by atoms with Crippen molar-refractivity contribution in [1.82, 2.24) is 0 Å². The van der Waals surface area contributed by atoms with Gasteiger partial charge in [0, 0.05) is 0 Å².